The van der Waals surface area contributed by atoms with Gasteiger partial charge < -0.3 is 11.1 Å². The van der Waals surface area contributed by atoms with Crippen molar-refractivity contribution in [2.24, 2.45) is 23.5 Å². The quantitative estimate of drug-likeness (QED) is 0.640. The molecule has 0 aromatic carbocycles. The van der Waals surface area contributed by atoms with E-state index in [2.05, 4.69) is 12.2 Å². The van der Waals surface area contributed by atoms with Gasteiger partial charge in [0.1, 0.15) is 0 Å². The van der Waals surface area contributed by atoms with Crippen LogP contribution >= 0.6 is 0 Å². The summed E-state index contributed by atoms with van der Waals surface area (Å²) in [6.07, 6.45) is 2.77. The minimum Gasteiger partial charge on any atom is -0.369 e. The number of amides is 1. The zero-order valence-electron chi connectivity index (χ0n) is 8.55. The number of nitrogens with two attached hydrogens (primary N) is 1. The van der Waals surface area contributed by atoms with Gasteiger partial charge in [0.2, 0.25) is 5.91 Å². The second-order valence-electron chi connectivity index (χ2n) is 4.28. The first-order valence-electron chi connectivity index (χ1n) is 5.11. The van der Waals surface area contributed by atoms with Crippen molar-refractivity contribution in [3.05, 3.63) is 0 Å². The van der Waals surface area contributed by atoms with E-state index in [1.165, 1.54) is 12.8 Å². The molecular formula is C10H20N2O. The smallest absolute Gasteiger partial charge is 0.221 e. The Morgan fingerprint density at radius 1 is 1.46 bits per heavy atom. The molecule has 0 heterocycles. The summed E-state index contributed by atoms with van der Waals surface area (Å²) in [5.41, 5.74) is 5.15. The number of carbonyl (C=O) groups is 1. The number of carbonyl (C=O) groups excluding carboxylic acids is 1. The second-order valence-corrected chi connectivity index (χ2v) is 4.28. The lowest BCUT2D eigenvalue weighted by Crippen LogP contribution is -2.33. The first kappa shape index (κ1) is 10.5. The van der Waals surface area contributed by atoms with Gasteiger partial charge in [0.25, 0.3) is 0 Å². The minimum absolute atomic E-state index is 0.0496. The van der Waals surface area contributed by atoms with Gasteiger partial charge in [-0.1, -0.05) is 13.8 Å². The third-order valence-corrected chi connectivity index (χ3v) is 2.83. The molecule has 0 spiro atoms. The van der Waals surface area contributed by atoms with E-state index in [-0.39, 0.29) is 11.8 Å². The second kappa shape index (κ2) is 4.61. The molecule has 1 aliphatic carbocycles. The van der Waals surface area contributed by atoms with Gasteiger partial charge in [-0.2, -0.15) is 0 Å². The fraction of sp³-hybridized carbons (Fsp3) is 0.900. The number of hydrogen-bond donors (Lipinski definition) is 2. The van der Waals surface area contributed by atoms with Crippen LogP contribution in [0.25, 0.3) is 0 Å². The molecule has 3 nitrogen and oxygen atoms in total. The minimum atomic E-state index is -0.216. The van der Waals surface area contributed by atoms with Crippen molar-refractivity contribution in [3.8, 4) is 0 Å². The molecule has 0 bridgehead atoms. The van der Waals surface area contributed by atoms with Crippen molar-refractivity contribution in [3.63, 3.8) is 0 Å². The zero-order chi connectivity index (χ0) is 9.84. The van der Waals surface area contributed by atoms with E-state index in [1.54, 1.807) is 0 Å². The fourth-order valence-corrected chi connectivity index (χ4v) is 1.46. The summed E-state index contributed by atoms with van der Waals surface area (Å²) in [5.74, 6) is 1.41. The van der Waals surface area contributed by atoms with Crippen molar-refractivity contribution < 1.29 is 4.79 Å². The lowest BCUT2D eigenvalue weighted by molar-refractivity contribution is -0.121. The van der Waals surface area contributed by atoms with Crippen LogP contribution in [0.1, 0.15) is 26.7 Å². The molecule has 3 N–H and O–H groups in total. The van der Waals surface area contributed by atoms with Crippen LogP contribution in [0.2, 0.25) is 0 Å². The van der Waals surface area contributed by atoms with E-state index < -0.39 is 0 Å². The van der Waals surface area contributed by atoms with Crippen molar-refractivity contribution in [1.82, 2.24) is 5.32 Å². The van der Waals surface area contributed by atoms with Crippen molar-refractivity contribution in [2.75, 3.05) is 13.1 Å². The summed E-state index contributed by atoms with van der Waals surface area (Å²) < 4.78 is 0. The fourth-order valence-electron chi connectivity index (χ4n) is 1.46. The van der Waals surface area contributed by atoms with Crippen LogP contribution in [-0.4, -0.2) is 19.0 Å². The predicted octanol–water partition coefficient (Wildman–Crippen LogP) is 0.743. The summed E-state index contributed by atoms with van der Waals surface area (Å²) in [7, 11) is 0. The first-order valence-corrected chi connectivity index (χ1v) is 5.11. The molecule has 0 aromatic rings. The Bertz CT molecular complexity index is 178. The van der Waals surface area contributed by atoms with Gasteiger partial charge in [-0.05, 0) is 31.2 Å². The van der Waals surface area contributed by atoms with Crippen LogP contribution in [0.4, 0.5) is 0 Å². The van der Waals surface area contributed by atoms with Gasteiger partial charge in [-0.25, -0.2) is 0 Å². The van der Waals surface area contributed by atoms with Crippen molar-refractivity contribution in [2.45, 2.75) is 26.7 Å². The largest absolute Gasteiger partial charge is 0.369 e. The van der Waals surface area contributed by atoms with Crippen LogP contribution < -0.4 is 11.1 Å². The number of rotatable bonds is 6. The monoisotopic (exact) mass is 184 g/mol. The average Bonchev–Trinajstić information content (AvgIpc) is 2.85. The molecule has 76 valence electrons. The standard InChI is InChI=1S/C10H20N2O/c1-7(9-3-4-9)5-12-6-8(2)10(11)13/h7-9,12H,3-6H2,1-2H3,(H2,11,13). The molecule has 1 amide bonds. The molecule has 2 atom stereocenters. The molecule has 0 saturated heterocycles. The molecule has 1 saturated carbocycles. The van der Waals surface area contributed by atoms with E-state index in [4.69, 9.17) is 5.73 Å². The topological polar surface area (TPSA) is 55.1 Å². The van der Waals surface area contributed by atoms with Gasteiger partial charge in [0, 0.05) is 12.5 Å². The number of hydrogen-bond acceptors (Lipinski definition) is 2. The third kappa shape index (κ3) is 3.77. The Balaban J connectivity index is 2.02. The van der Waals surface area contributed by atoms with Gasteiger partial charge in [-0.3, -0.25) is 4.79 Å². The van der Waals surface area contributed by atoms with Crippen molar-refractivity contribution in [1.29, 1.82) is 0 Å². The first-order chi connectivity index (χ1) is 6.11. The maximum absolute atomic E-state index is 10.7. The normalized spacial score (nSPS) is 21.1. The van der Waals surface area contributed by atoms with Gasteiger partial charge in [0.15, 0.2) is 0 Å². The van der Waals surface area contributed by atoms with E-state index in [0.717, 1.165) is 18.4 Å². The maximum Gasteiger partial charge on any atom is 0.221 e. The van der Waals surface area contributed by atoms with Crippen LogP contribution in [-0.2, 0) is 4.79 Å². The summed E-state index contributed by atoms with van der Waals surface area (Å²) in [5, 5.41) is 3.29. The zero-order valence-corrected chi connectivity index (χ0v) is 8.55. The average molecular weight is 184 g/mol. The maximum atomic E-state index is 10.7. The Labute approximate surface area is 80.1 Å². The Hall–Kier alpha value is -0.570. The number of nitrogens with one attached hydrogen (secondary N) is 1. The van der Waals surface area contributed by atoms with E-state index >= 15 is 0 Å². The molecule has 0 aliphatic heterocycles. The summed E-state index contributed by atoms with van der Waals surface area (Å²) in [4.78, 5) is 10.7. The molecular weight excluding hydrogens is 164 g/mol. The highest BCUT2D eigenvalue weighted by molar-refractivity contribution is 5.76. The Morgan fingerprint density at radius 3 is 2.54 bits per heavy atom. The molecule has 0 aromatic heterocycles. The highest BCUT2D eigenvalue weighted by atomic mass is 16.1. The summed E-state index contributed by atoms with van der Waals surface area (Å²) >= 11 is 0. The van der Waals surface area contributed by atoms with Crippen molar-refractivity contribution >= 4 is 5.91 Å². The number of primary amides is 1. The van der Waals surface area contributed by atoms with Gasteiger partial charge in [-0.15, -0.1) is 0 Å². The summed E-state index contributed by atoms with van der Waals surface area (Å²) in [6, 6.07) is 0. The van der Waals surface area contributed by atoms with Crippen LogP contribution in [0.3, 0.4) is 0 Å². The SMILES string of the molecule is CC(CNCC(C)C1CC1)C(N)=O. The van der Waals surface area contributed by atoms with Crippen LogP contribution in [0.15, 0.2) is 0 Å². The van der Waals surface area contributed by atoms with Crippen LogP contribution in [0.5, 0.6) is 0 Å². The Morgan fingerprint density at radius 2 is 2.08 bits per heavy atom. The molecule has 1 rings (SSSR count). The third-order valence-electron chi connectivity index (χ3n) is 2.83. The molecule has 1 fully saturated rings. The molecule has 3 heteroatoms. The molecule has 0 radical (unpaired) electrons. The predicted molar refractivity (Wildman–Crippen MR) is 53.1 cm³/mol. The lowest BCUT2D eigenvalue weighted by atomic mass is 10.1. The highest BCUT2D eigenvalue weighted by Gasteiger charge is 2.27. The molecule has 13 heavy (non-hydrogen) atoms. The van der Waals surface area contributed by atoms with E-state index in [1.807, 2.05) is 6.92 Å². The van der Waals surface area contributed by atoms with Gasteiger partial charge in [0.05, 0.1) is 0 Å². The van der Waals surface area contributed by atoms with E-state index in [0.29, 0.717) is 6.54 Å². The highest BCUT2D eigenvalue weighted by Crippen LogP contribution is 2.35. The summed E-state index contributed by atoms with van der Waals surface area (Å²) in [6.45, 7) is 5.85. The Kier molecular flexibility index (Phi) is 3.72. The van der Waals surface area contributed by atoms with Crippen LogP contribution in [0, 0.1) is 17.8 Å². The molecule has 1 aliphatic rings. The van der Waals surface area contributed by atoms with E-state index in [9.17, 15) is 4.79 Å². The lowest BCUT2D eigenvalue weighted by Gasteiger charge is -2.13. The molecule has 2 unspecified atom stereocenters. The van der Waals surface area contributed by atoms with Gasteiger partial charge >= 0.3 is 0 Å².